The minimum atomic E-state index is -3.32. The van der Waals surface area contributed by atoms with E-state index < -0.39 is 16.1 Å². The van der Waals surface area contributed by atoms with E-state index in [1.54, 1.807) is 0 Å². The summed E-state index contributed by atoms with van der Waals surface area (Å²) in [7, 11) is -0.276. The number of sulfonamides is 1. The van der Waals surface area contributed by atoms with Crippen LogP contribution in [0.1, 0.15) is 11.3 Å². The molecule has 0 aliphatic carbocycles. The minimum absolute atomic E-state index is 0.0310. The van der Waals surface area contributed by atoms with Crippen LogP contribution in [0, 0.1) is 12.8 Å². The summed E-state index contributed by atoms with van der Waals surface area (Å²) in [6.07, 6.45) is -0.635. The molecule has 2 heterocycles. The Labute approximate surface area is 142 Å². The van der Waals surface area contributed by atoms with Crippen molar-refractivity contribution in [2.24, 2.45) is 5.92 Å². The number of β-amino-alcohol motifs (C(OH)–C–C–N with tert-alkyl or cyclic N) is 1. The van der Waals surface area contributed by atoms with E-state index in [-0.39, 0.29) is 11.7 Å². The number of aliphatic hydroxyl groups excluding tert-OH is 1. The quantitative estimate of drug-likeness (QED) is 0.881. The van der Waals surface area contributed by atoms with Gasteiger partial charge in [-0.15, -0.1) is 0 Å². The van der Waals surface area contributed by atoms with Crippen molar-refractivity contribution in [2.45, 2.75) is 19.6 Å². The number of hydrogen-bond acceptors (Lipinski definition) is 5. The first-order chi connectivity index (χ1) is 11.3. The highest BCUT2D eigenvalue weighted by molar-refractivity contribution is 7.89. The number of para-hydroxylation sites is 1. The van der Waals surface area contributed by atoms with Crippen molar-refractivity contribution >= 4 is 21.0 Å². The average Bonchev–Trinajstić information content (AvgIpc) is 3.00. The molecule has 2 aromatic rings. The monoisotopic (exact) mass is 352 g/mol. The fourth-order valence-electron chi connectivity index (χ4n) is 3.23. The van der Waals surface area contributed by atoms with Crippen LogP contribution in [0.2, 0.25) is 0 Å². The summed E-state index contributed by atoms with van der Waals surface area (Å²) in [5, 5.41) is 11.3. The summed E-state index contributed by atoms with van der Waals surface area (Å²) >= 11 is 0. The molecule has 1 aliphatic rings. The lowest BCUT2D eigenvalue weighted by atomic mass is 10.1. The maximum atomic E-state index is 12.0. The van der Waals surface area contributed by atoms with Gasteiger partial charge in [0.05, 0.1) is 18.4 Å². The molecule has 0 spiro atoms. The van der Waals surface area contributed by atoms with Gasteiger partial charge in [0.2, 0.25) is 10.0 Å². The van der Waals surface area contributed by atoms with E-state index in [0.717, 1.165) is 22.3 Å². The second kappa shape index (κ2) is 6.48. The minimum Gasteiger partial charge on any atom is -0.459 e. The lowest BCUT2D eigenvalue weighted by Gasteiger charge is -2.17. The maximum absolute atomic E-state index is 12.0. The molecular formula is C17H24N2O4S. The Morgan fingerprint density at radius 3 is 2.67 bits per heavy atom. The van der Waals surface area contributed by atoms with Crippen molar-refractivity contribution in [1.82, 2.24) is 9.21 Å². The summed E-state index contributed by atoms with van der Waals surface area (Å²) in [6, 6.07) is 7.90. The van der Waals surface area contributed by atoms with E-state index >= 15 is 0 Å². The predicted octanol–water partition coefficient (Wildman–Crippen LogP) is 1.43. The van der Waals surface area contributed by atoms with Crippen LogP contribution in [-0.2, 0) is 16.6 Å². The van der Waals surface area contributed by atoms with Crippen molar-refractivity contribution in [3.63, 3.8) is 0 Å². The largest absolute Gasteiger partial charge is 0.459 e. The lowest BCUT2D eigenvalue weighted by Crippen LogP contribution is -2.33. The maximum Gasteiger partial charge on any atom is 0.214 e. The molecule has 6 nitrogen and oxygen atoms in total. The van der Waals surface area contributed by atoms with Gasteiger partial charge in [-0.1, -0.05) is 18.2 Å². The second-order valence-corrected chi connectivity index (χ2v) is 8.96. The Hall–Kier alpha value is -1.41. The molecule has 1 aromatic carbocycles. The molecule has 0 bridgehead atoms. The summed E-state index contributed by atoms with van der Waals surface area (Å²) < 4.78 is 31.2. The number of rotatable bonds is 5. The van der Waals surface area contributed by atoms with Crippen LogP contribution in [0.15, 0.2) is 28.7 Å². The highest BCUT2D eigenvalue weighted by atomic mass is 32.2. The van der Waals surface area contributed by atoms with Gasteiger partial charge in [-0.25, -0.2) is 12.7 Å². The molecule has 1 saturated heterocycles. The van der Waals surface area contributed by atoms with Crippen LogP contribution in [0.4, 0.5) is 0 Å². The molecular weight excluding hydrogens is 328 g/mol. The molecule has 24 heavy (non-hydrogen) atoms. The molecule has 0 saturated carbocycles. The first kappa shape index (κ1) is 17.4. The summed E-state index contributed by atoms with van der Waals surface area (Å²) in [6.45, 7) is 3.62. The Morgan fingerprint density at radius 2 is 2.00 bits per heavy atom. The molecule has 0 amide bonds. The molecule has 0 radical (unpaired) electrons. The van der Waals surface area contributed by atoms with Gasteiger partial charge in [0.1, 0.15) is 11.3 Å². The van der Waals surface area contributed by atoms with Gasteiger partial charge in [0, 0.05) is 38.5 Å². The van der Waals surface area contributed by atoms with Crippen LogP contribution in [-0.4, -0.2) is 61.8 Å². The third-order valence-electron chi connectivity index (χ3n) is 4.77. The third-order valence-corrected chi connectivity index (χ3v) is 6.73. The smallest absolute Gasteiger partial charge is 0.214 e. The lowest BCUT2D eigenvalue weighted by molar-refractivity contribution is 0.147. The predicted molar refractivity (Wildman–Crippen MR) is 93.2 cm³/mol. The van der Waals surface area contributed by atoms with E-state index in [9.17, 15) is 13.5 Å². The fraction of sp³-hybridized carbons (Fsp3) is 0.529. The van der Waals surface area contributed by atoms with E-state index in [1.165, 1.54) is 18.4 Å². The van der Waals surface area contributed by atoms with Crippen molar-refractivity contribution in [1.29, 1.82) is 0 Å². The van der Waals surface area contributed by atoms with Crippen LogP contribution in [0.25, 0.3) is 11.0 Å². The van der Waals surface area contributed by atoms with Crippen molar-refractivity contribution < 1.29 is 17.9 Å². The van der Waals surface area contributed by atoms with Gasteiger partial charge in [0.15, 0.2) is 0 Å². The molecule has 2 atom stereocenters. The molecule has 7 heteroatoms. The molecule has 3 rings (SSSR count). The Bertz CT molecular complexity index is 828. The van der Waals surface area contributed by atoms with Crippen LogP contribution < -0.4 is 0 Å². The first-order valence-corrected chi connectivity index (χ1v) is 9.66. The number of fused-ring (bicyclic) bond motifs is 1. The molecule has 1 aliphatic heterocycles. The van der Waals surface area contributed by atoms with Crippen LogP contribution in [0.5, 0.6) is 0 Å². The van der Waals surface area contributed by atoms with Crippen LogP contribution >= 0.6 is 0 Å². The number of furan rings is 1. The zero-order chi connectivity index (χ0) is 17.5. The molecule has 132 valence electrons. The van der Waals surface area contributed by atoms with Gasteiger partial charge < -0.3 is 9.52 Å². The van der Waals surface area contributed by atoms with Crippen molar-refractivity contribution in [2.75, 3.05) is 32.9 Å². The van der Waals surface area contributed by atoms with Gasteiger partial charge >= 0.3 is 0 Å². The summed E-state index contributed by atoms with van der Waals surface area (Å²) in [4.78, 5) is 2.06. The number of aliphatic hydroxyl groups is 1. The molecule has 1 N–H and O–H groups in total. The van der Waals surface area contributed by atoms with Gasteiger partial charge in [-0.3, -0.25) is 4.90 Å². The van der Waals surface area contributed by atoms with Crippen molar-refractivity contribution in [3.05, 3.63) is 35.6 Å². The highest BCUT2D eigenvalue weighted by Gasteiger charge is 2.35. The summed E-state index contributed by atoms with van der Waals surface area (Å²) in [5.74, 6) is 0.568. The number of aryl methyl sites for hydroxylation is 1. The number of nitrogens with zero attached hydrogens (tertiary/aromatic N) is 2. The molecule has 0 unspecified atom stereocenters. The van der Waals surface area contributed by atoms with Gasteiger partial charge in [0.25, 0.3) is 0 Å². The zero-order valence-electron chi connectivity index (χ0n) is 14.3. The Morgan fingerprint density at radius 1 is 1.29 bits per heavy atom. The average molecular weight is 352 g/mol. The number of benzene rings is 1. The normalized spacial score (nSPS) is 22.7. The number of hydrogen-bond donors (Lipinski definition) is 1. The van der Waals surface area contributed by atoms with E-state index in [4.69, 9.17) is 4.42 Å². The fourth-order valence-corrected chi connectivity index (χ4v) is 4.40. The zero-order valence-corrected chi connectivity index (χ0v) is 15.1. The first-order valence-electron chi connectivity index (χ1n) is 8.05. The Balaban J connectivity index is 1.72. The summed E-state index contributed by atoms with van der Waals surface area (Å²) in [5.41, 5.74) is 1.96. The number of likely N-dealkylation sites (tertiary alicyclic amines) is 1. The highest BCUT2D eigenvalue weighted by Crippen LogP contribution is 2.28. The topological polar surface area (TPSA) is 74.0 Å². The third kappa shape index (κ3) is 3.35. The van der Waals surface area contributed by atoms with E-state index in [1.807, 2.05) is 31.2 Å². The Kier molecular flexibility index (Phi) is 4.70. The van der Waals surface area contributed by atoms with Gasteiger partial charge in [-0.05, 0) is 18.6 Å². The SMILES string of the molecule is Cc1c(CN2C[C@@H](CS(=O)(=O)N(C)C)[C@H](O)C2)oc2ccccc12. The van der Waals surface area contributed by atoms with Crippen molar-refractivity contribution in [3.8, 4) is 0 Å². The van der Waals surface area contributed by atoms with Crippen LogP contribution in [0.3, 0.4) is 0 Å². The standard InChI is InChI=1S/C17H24N2O4S/c1-12-14-6-4-5-7-16(14)23-17(12)10-19-8-13(15(20)9-19)11-24(21,22)18(2)3/h4-7,13,15,20H,8-11H2,1-3H3/t13-,15+/m0/s1. The second-order valence-electron chi connectivity index (χ2n) is 6.73. The molecule has 1 aromatic heterocycles. The van der Waals surface area contributed by atoms with E-state index in [0.29, 0.717) is 19.6 Å². The molecule has 1 fully saturated rings. The van der Waals surface area contributed by atoms with E-state index in [2.05, 4.69) is 4.90 Å². The van der Waals surface area contributed by atoms with Gasteiger partial charge in [-0.2, -0.15) is 0 Å².